The van der Waals surface area contributed by atoms with E-state index in [4.69, 9.17) is 11.6 Å². The van der Waals surface area contributed by atoms with Crippen LogP contribution in [0.25, 0.3) is 0 Å². The number of rotatable bonds is 4. The highest BCUT2D eigenvalue weighted by molar-refractivity contribution is 7.93. The summed E-state index contributed by atoms with van der Waals surface area (Å²) in [6.45, 7) is -0.641. The highest BCUT2D eigenvalue weighted by Crippen LogP contribution is 2.23. The molecule has 7 heteroatoms. The molecule has 0 bridgehead atoms. The molecule has 0 atom stereocenters. The van der Waals surface area contributed by atoms with Crippen molar-refractivity contribution >= 4 is 32.8 Å². The Morgan fingerprint density at radius 1 is 1.62 bits per heavy atom. The number of sulfone groups is 1. The fraction of sp³-hybridized carbons (Fsp3) is 0.500. The highest BCUT2D eigenvalue weighted by Gasteiger charge is 2.17. The van der Waals surface area contributed by atoms with Gasteiger partial charge in [0.1, 0.15) is 4.34 Å². The molecule has 0 N–H and O–H groups in total. The maximum atomic E-state index is 11.7. The van der Waals surface area contributed by atoms with Gasteiger partial charge in [-0.15, -0.1) is 0 Å². The second kappa shape index (κ2) is 4.34. The first-order valence-electron chi connectivity index (χ1n) is 3.46. The minimum atomic E-state index is -3.42. The van der Waals surface area contributed by atoms with Gasteiger partial charge in [0, 0.05) is 0 Å². The smallest absolute Gasteiger partial charge is 0.210 e. The standard InChI is InChI=1S/C6H7ClFNO2S2/c7-5-4-9-6(12-5)13(10,11)3-1-2-8/h4H,1-3H2. The average molecular weight is 244 g/mol. The Hall–Kier alpha value is -0.200. The highest BCUT2D eigenvalue weighted by atomic mass is 35.5. The molecule has 0 radical (unpaired) electrons. The van der Waals surface area contributed by atoms with E-state index >= 15 is 0 Å². The Morgan fingerprint density at radius 2 is 2.31 bits per heavy atom. The number of hydrogen-bond acceptors (Lipinski definition) is 4. The molecular formula is C6H7ClFNO2S2. The molecule has 0 saturated heterocycles. The Bertz CT molecular complexity index is 376. The zero-order chi connectivity index (χ0) is 9.90. The molecule has 13 heavy (non-hydrogen) atoms. The number of halogens is 2. The molecular weight excluding hydrogens is 237 g/mol. The minimum Gasteiger partial charge on any atom is -0.251 e. The zero-order valence-electron chi connectivity index (χ0n) is 6.53. The van der Waals surface area contributed by atoms with Crippen LogP contribution in [0.5, 0.6) is 0 Å². The average Bonchev–Trinajstić information content (AvgIpc) is 2.49. The quantitative estimate of drug-likeness (QED) is 0.812. The summed E-state index contributed by atoms with van der Waals surface area (Å²) in [5, 5.41) is 0. The van der Waals surface area contributed by atoms with Crippen molar-refractivity contribution in [2.45, 2.75) is 10.8 Å². The van der Waals surface area contributed by atoms with Gasteiger partial charge in [-0.05, 0) is 6.42 Å². The predicted octanol–water partition coefficient (Wildman–Crippen LogP) is 1.93. The summed E-state index contributed by atoms with van der Waals surface area (Å²) in [6, 6.07) is 0. The van der Waals surface area contributed by atoms with Crippen LogP contribution in [0.2, 0.25) is 4.34 Å². The van der Waals surface area contributed by atoms with E-state index in [1.165, 1.54) is 6.20 Å². The molecule has 1 aromatic heterocycles. The van der Waals surface area contributed by atoms with Crippen LogP contribution in [-0.4, -0.2) is 25.8 Å². The lowest BCUT2D eigenvalue weighted by Crippen LogP contribution is -2.06. The molecule has 0 saturated carbocycles. The second-order valence-corrected chi connectivity index (χ2v) is 6.24. The van der Waals surface area contributed by atoms with Crippen molar-refractivity contribution in [3.05, 3.63) is 10.5 Å². The van der Waals surface area contributed by atoms with Crippen molar-refractivity contribution in [3.63, 3.8) is 0 Å². The van der Waals surface area contributed by atoms with Gasteiger partial charge in [-0.3, -0.25) is 4.39 Å². The molecule has 0 aliphatic heterocycles. The molecule has 0 fully saturated rings. The fourth-order valence-electron chi connectivity index (χ4n) is 0.715. The summed E-state index contributed by atoms with van der Waals surface area (Å²) in [4.78, 5) is 3.62. The summed E-state index contributed by atoms with van der Waals surface area (Å²) in [5.41, 5.74) is 0. The molecule has 0 aliphatic rings. The molecule has 1 aromatic rings. The van der Waals surface area contributed by atoms with Crippen molar-refractivity contribution in [1.29, 1.82) is 0 Å². The zero-order valence-corrected chi connectivity index (χ0v) is 8.92. The van der Waals surface area contributed by atoms with Gasteiger partial charge in [-0.25, -0.2) is 13.4 Å². The van der Waals surface area contributed by atoms with Gasteiger partial charge in [0.25, 0.3) is 0 Å². The van der Waals surface area contributed by atoms with Crippen LogP contribution in [-0.2, 0) is 9.84 Å². The normalized spacial score (nSPS) is 11.8. The molecule has 1 heterocycles. The third-order valence-corrected chi connectivity index (χ3v) is 4.65. The first kappa shape index (κ1) is 10.9. The summed E-state index contributed by atoms with van der Waals surface area (Å²) >= 11 is 6.41. The van der Waals surface area contributed by atoms with E-state index < -0.39 is 16.5 Å². The Labute approximate surface area is 84.5 Å². The van der Waals surface area contributed by atoms with E-state index in [9.17, 15) is 12.8 Å². The van der Waals surface area contributed by atoms with E-state index in [0.717, 1.165) is 11.3 Å². The predicted molar refractivity (Wildman–Crippen MR) is 49.8 cm³/mol. The molecule has 0 spiro atoms. The molecule has 0 aliphatic carbocycles. The third kappa shape index (κ3) is 2.89. The molecule has 3 nitrogen and oxygen atoms in total. The van der Waals surface area contributed by atoms with Crippen LogP contribution in [0.4, 0.5) is 4.39 Å². The van der Waals surface area contributed by atoms with Gasteiger partial charge in [0.15, 0.2) is 0 Å². The van der Waals surface area contributed by atoms with Crippen LogP contribution < -0.4 is 0 Å². The number of hydrogen-bond donors (Lipinski definition) is 0. The molecule has 1 rings (SSSR count). The van der Waals surface area contributed by atoms with Crippen LogP contribution in [0.3, 0.4) is 0 Å². The number of alkyl halides is 1. The maximum Gasteiger partial charge on any atom is 0.210 e. The van der Waals surface area contributed by atoms with Crippen LogP contribution in [0, 0.1) is 0 Å². The van der Waals surface area contributed by atoms with Crippen LogP contribution in [0.15, 0.2) is 10.5 Å². The lowest BCUT2D eigenvalue weighted by molar-refractivity contribution is 0.484. The summed E-state index contributed by atoms with van der Waals surface area (Å²) in [5.74, 6) is -0.215. The number of thiazole rings is 1. The van der Waals surface area contributed by atoms with Crippen molar-refractivity contribution < 1.29 is 12.8 Å². The molecule has 0 aromatic carbocycles. The first-order chi connectivity index (χ1) is 6.06. The topological polar surface area (TPSA) is 47.0 Å². The van der Waals surface area contributed by atoms with Crippen molar-refractivity contribution in [3.8, 4) is 0 Å². The van der Waals surface area contributed by atoms with E-state index in [2.05, 4.69) is 4.98 Å². The lowest BCUT2D eigenvalue weighted by atomic mass is 10.6. The van der Waals surface area contributed by atoms with Crippen molar-refractivity contribution in [1.82, 2.24) is 4.98 Å². The van der Waals surface area contributed by atoms with E-state index in [0.29, 0.717) is 4.34 Å². The summed E-state index contributed by atoms with van der Waals surface area (Å²) in [6.07, 6.45) is 1.27. The molecule has 0 unspecified atom stereocenters. The largest absolute Gasteiger partial charge is 0.251 e. The molecule has 0 amide bonds. The monoisotopic (exact) mass is 243 g/mol. The van der Waals surface area contributed by atoms with E-state index in [-0.39, 0.29) is 16.5 Å². The van der Waals surface area contributed by atoms with Gasteiger partial charge < -0.3 is 0 Å². The lowest BCUT2D eigenvalue weighted by Gasteiger charge is -1.96. The van der Waals surface area contributed by atoms with Gasteiger partial charge in [-0.1, -0.05) is 22.9 Å². The van der Waals surface area contributed by atoms with Crippen LogP contribution in [0.1, 0.15) is 6.42 Å². The SMILES string of the molecule is O=S(=O)(CCCF)c1ncc(Cl)s1. The van der Waals surface area contributed by atoms with Crippen molar-refractivity contribution in [2.75, 3.05) is 12.4 Å². The molecule has 74 valence electrons. The van der Waals surface area contributed by atoms with Gasteiger partial charge in [-0.2, -0.15) is 0 Å². The number of nitrogens with zero attached hydrogens (tertiary/aromatic N) is 1. The second-order valence-electron chi connectivity index (χ2n) is 2.29. The van der Waals surface area contributed by atoms with Gasteiger partial charge >= 0.3 is 0 Å². The van der Waals surface area contributed by atoms with E-state index in [1.807, 2.05) is 0 Å². The Balaban J connectivity index is 2.82. The van der Waals surface area contributed by atoms with E-state index in [1.54, 1.807) is 0 Å². The van der Waals surface area contributed by atoms with Gasteiger partial charge in [0.2, 0.25) is 14.2 Å². The summed E-state index contributed by atoms with van der Waals surface area (Å²) in [7, 11) is -3.42. The minimum absolute atomic E-state index is 0.000464. The summed E-state index contributed by atoms with van der Waals surface area (Å²) < 4.78 is 34.7. The Kier molecular flexibility index (Phi) is 3.63. The maximum absolute atomic E-state index is 11.7. The Morgan fingerprint density at radius 3 is 2.77 bits per heavy atom. The van der Waals surface area contributed by atoms with Gasteiger partial charge in [0.05, 0.1) is 18.6 Å². The first-order valence-corrected chi connectivity index (χ1v) is 6.31. The van der Waals surface area contributed by atoms with Crippen molar-refractivity contribution in [2.24, 2.45) is 0 Å². The number of aromatic nitrogens is 1. The fourth-order valence-corrected chi connectivity index (χ4v) is 3.40. The van der Waals surface area contributed by atoms with Crippen LogP contribution >= 0.6 is 22.9 Å². The third-order valence-electron chi connectivity index (χ3n) is 1.27.